The van der Waals surface area contributed by atoms with Crippen molar-refractivity contribution in [2.24, 2.45) is 29.4 Å². The molecular formula is C37H46N2O12. The lowest BCUT2D eigenvalue weighted by molar-refractivity contribution is -0.160. The molecular weight excluding hydrogens is 664 g/mol. The van der Waals surface area contributed by atoms with Crippen LogP contribution in [-0.2, 0) is 23.8 Å². The van der Waals surface area contributed by atoms with Crippen LogP contribution in [0.25, 0.3) is 0 Å². The van der Waals surface area contributed by atoms with Crippen LogP contribution in [0.5, 0.6) is 11.5 Å². The van der Waals surface area contributed by atoms with Crippen LogP contribution in [0.2, 0.25) is 0 Å². The number of carbonyl (C=O) groups excluding carboxylic acids is 5. The summed E-state index contributed by atoms with van der Waals surface area (Å²) in [5.74, 6) is -9.62. The fourth-order valence-corrected chi connectivity index (χ4v) is 6.72. The third kappa shape index (κ3) is 7.08. The molecule has 1 aliphatic carbocycles. The number of amides is 1. The van der Waals surface area contributed by atoms with Crippen molar-refractivity contribution in [1.82, 2.24) is 5.32 Å². The number of aliphatic hydroxyl groups is 2. The van der Waals surface area contributed by atoms with Gasteiger partial charge in [0.2, 0.25) is 11.6 Å². The summed E-state index contributed by atoms with van der Waals surface area (Å²) >= 11 is 0. The van der Waals surface area contributed by atoms with Crippen molar-refractivity contribution < 1.29 is 58.2 Å². The predicted molar refractivity (Wildman–Crippen MR) is 182 cm³/mol. The Labute approximate surface area is 296 Å². The van der Waals surface area contributed by atoms with E-state index < -0.39 is 111 Å². The molecule has 0 spiro atoms. The standard InChI is InChI=1S/C37H46N2O12/c1-15-11-10-12-16(2)36(47)39-27-26(38)31(44)23-24(32(27)45)30(43)20(6)34-25(23)35(46)37(8,51-34)49-14-13-22(48-9)17(3)33(50-21(7)40)19(5)29(42)18(4)28(15)41/h10-15,17-19,22,28-29,33,41-43H,38H2,1-9H3,(H,39,47)/b11-10-,14-13?,16-12-/t15-,17+,18+,19+,22-,28-,29+,33+,37-/m0/s1. The van der Waals surface area contributed by atoms with E-state index in [1.807, 2.05) is 0 Å². The highest BCUT2D eigenvalue weighted by Gasteiger charge is 2.52. The first-order valence-corrected chi connectivity index (χ1v) is 16.6. The first-order valence-electron chi connectivity index (χ1n) is 16.6. The molecule has 9 atom stereocenters. The average Bonchev–Trinajstić information content (AvgIpc) is 3.35. The number of hydrogen-bond donors (Lipinski definition) is 5. The van der Waals surface area contributed by atoms with Crippen LogP contribution in [0.1, 0.15) is 85.1 Å². The molecule has 0 saturated heterocycles. The molecule has 0 aromatic heterocycles. The van der Waals surface area contributed by atoms with Crippen LogP contribution in [0, 0.1) is 30.6 Å². The first kappa shape index (κ1) is 39.0. The highest BCUT2D eigenvalue weighted by atomic mass is 16.7. The van der Waals surface area contributed by atoms with E-state index in [1.165, 1.54) is 53.0 Å². The Balaban J connectivity index is 1.86. The number of ketones is 3. The maximum Gasteiger partial charge on any atom is 0.312 e. The number of ether oxygens (including phenoxy) is 4. The van der Waals surface area contributed by atoms with E-state index >= 15 is 0 Å². The summed E-state index contributed by atoms with van der Waals surface area (Å²) in [6, 6.07) is 0. The highest BCUT2D eigenvalue weighted by Crippen LogP contribution is 2.48. The molecule has 1 aromatic rings. The SMILES string of the molecule is CO[C@H]1C=CO[C@@]2(C)Oc3c(C)c(O)c4c(c3C2=O)C(=O)C(N)=C(NC(=O)/C(C)=C\C=C/[C@H](C)[C@H](O)[C@@H](C)[C@@H](O)[C@@H](C)[C@H](OC(C)=O)[C@@H]1C)C4=O. The van der Waals surface area contributed by atoms with Gasteiger partial charge in [0.1, 0.15) is 29.0 Å². The number of carbonyl (C=O) groups is 5. The quantitative estimate of drug-likeness (QED) is 0.279. The van der Waals surface area contributed by atoms with Gasteiger partial charge in [0.05, 0.1) is 41.3 Å². The lowest BCUT2D eigenvalue weighted by atomic mass is 9.78. The van der Waals surface area contributed by atoms with E-state index in [4.69, 9.17) is 24.7 Å². The molecule has 1 aromatic carbocycles. The Bertz CT molecular complexity index is 1770. The van der Waals surface area contributed by atoms with Gasteiger partial charge in [0, 0.05) is 55.8 Å². The summed E-state index contributed by atoms with van der Waals surface area (Å²) < 4.78 is 23.1. The van der Waals surface area contributed by atoms with Crippen molar-refractivity contribution in [3.05, 3.63) is 69.8 Å². The number of esters is 1. The van der Waals surface area contributed by atoms with Crippen LogP contribution in [0.4, 0.5) is 0 Å². The summed E-state index contributed by atoms with van der Waals surface area (Å²) in [4.78, 5) is 66.8. The second-order valence-corrected chi connectivity index (χ2v) is 13.6. The molecule has 0 fully saturated rings. The number of Topliss-reactive ketones (excluding diaryl/α,β-unsaturated/α-hetero) is 3. The number of rotatable bonds is 2. The molecule has 0 radical (unpaired) electrons. The van der Waals surface area contributed by atoms with Crippen molar-refractivity contribution in [2.45, 2.75) is 85.6 Å². The second-order valence-electron chi connectivity index (χ2n) is 13.6. The molecule has 51 heavy (non-hydrogen) atoms. The van der Waals surface area contributed by atoms with Crippen LogP contribution in [-0.4, -0.2) is 81.9 Å². The number of nitrogens with one attached hydrogen (secondary N) is 1. The lowest BCUT2D eigenvalue weighted by Gasteiger charge is -2.38. The number of aromatic hydroxyl groups is 1. The molecule has 5 bridgehead atoms. The first-order chi connectivity index (χ1) is 23.8. The molecule has 14 heteroatoms. The van der Waals surface area contributed by atoms with Gasteiger partial charge in [-0.05, 0) is 19.9 Å². The van der Waals surface area contributed by atoms with Gasteiger partial charge in [-0.15, -0.1) is 0 Å². The fraction of sp³-hybridized carbons (Fsp3) is 0.486. The Morgan fingerprint density at radius 2 is 1.59 bits per heavy atom. The maximum absolute atomic E-state index is 13.9. The van der Waals surface area contributed by atoms with Crippen LogP contribution < -0.4 is 15.8 Å². The van der Waals surface area contributed by atoms with Crippen molar-refractivity contribution in [3.8, 4) is 11.5 Å². The molecule has 5 rings (SSSR count). The van der Waals surface area contributed by atoms with Gasteiger partial charge < -0.3 is 45.3 Å². The topological polar surface area (TPSA) is 221 Å². The number of phenolic OH excluding ortho intramolecular Hbond substituents is 1. The molecule has 1 amide bonds. The number of benzene rings is 1. The summed E-state index contributed by atoms with van der Waals surface area (Å²) in [7, 11) is 1.41. The largest absolute Gasteiger partial charge is 0.507 e. The minimum absolute atomic E-state index is 0.0295. The van der Waals surface area contributed by atoms with Crippen molar-refractivity contribution in [2.75, 3.05) is 7.11 Å². The van der Waals surface area contributed by atoms with Crippen LogP contribution >= 0.6 is 0 Å². The normalized spacial score (nSPS) is 33.6. The molecule has 276 valence electrons. The summed E-state index contributed by atoms with van der Waals surface area (Å²) in [5, 5.41) is 36.1. The smallest absolute Gasteiger partial charge is 0.312 e. The molecule has 4 aliphatic rings. The van der Waals surface area contributed by atoms with Crippen molar-refractivity contribution in [1.29, 1.82) is 0 Å². The van der Waals surface area contributed by atoms with Crippen molar-refractivity contribution in [3.63, 3.8) is 0 Å². The van der Waals surface area contributed by atoms with E-state index in [-0.39, 0.29) is 22.4 Å². The average molecular weight is 711 g/mol. The van der Waals surface area contributed by atoms with E-state index in [1.54, 1.807) is 33.8 Å². The van der Waals surface area contributed by atoms with Gasteiger partial charge in [-0.2, -0.15) is 0 Å². The Hall–Kier alpha value is -4.79. The number of hydrogen-bond acceptors (Lipinski definition) is 13. The van der Waals surface area contributed by atoms with Gasteiger partial charge in [-0.1, -0.05) is 45.9 Å². The van der Waals surface area contributed by atoms with Gasteiger partial charge >= 0.3 is 11.8 Å². The van der Waals surface area contributed by atoms with Gasteiger partial charge in [-0.25, -0.2) is 0 Å². The molecule has 0 saturated carbocycles. The minimum atomic E-state index is -2.08. The number of aliphatic hydroxyl groups excluding tert-OH is 2. The zero-order chi connectivity index (χ0) is 38.3. The molecule has 0 unspecified atom stereocenters. The predicted octanol–water partition coefficient (Wildman–Crippen LogP) is 2.92. The third-order valence-electron chi connectivity index (χ3n) is 9.99. The molecule has 6 N–H and O–H groups in total. The zero-order valence-electron chi connectivity index (χ0n) is 30.1. The minimum Gasteiger partial charge on any atom is -0.507 e. The Morgan fingerprint density at radius 3 is 2.20 bits per heavy atom. The monoisotopic (exact) mass is 710 g/mol. The summed E-state index contributed by atoms with van der Waals surface area (Å²) in [5.41, 5.74) is 3.62. The van der Waals surface area contributed by atoms with Gasteiger partial charge in [0.15, 0.2) is 0 Å². The second kappa shape index (κ2) is 14.8. The maximum atomic E-state index is 13.9. The van der Waals surface area contributed by atoms with E-state index in [2.05, 4.69) is 5.32 Å². The zero-order valence-corrected chi connectivity index (χ0v) is 30.1. The summed E-state index contributed by atoms with van der Waals surface area (Å²) in [6.07, 6.45) is 3.25. The highest BCUT2D eigenvalue weighted by molar-refractivity contribution is 6.32. The number of fused-ring (bicyclic) bond motifs is 14. The van der Waals surface area contributed by atoms with Gasteiger partial charge in [-0.3, -0.25) is 24.0 Å². The third-order valence-corrected chi connectivity index (χ3v) is 9.99. The molecule has 14 nitrogen and oxygen atoms in total. The van der Waals surface area contributed by atoms with E-state index in [0.29, 0.717) is 0 Å². The number of allylic oxidation sites excluding steroid dienone is 4. The molecule has 3 aliphatic heterocycles. The van der Waals surface area contributed by atoms with Crippen LogP contribution in [0.3, 0.4) is 0 Å². The Morgan fingerprint density at radius 1 is 0.941 bits per heavy atom. The Kier molecular flexibility index (Phi) is 11.3. The number of methoxy groups -OCH3 is 1. The van der Waals surface area contributed by atoms with Gasteiger partial charge in [0.25, 0.3) is 11.7 Å². The van der Waals surface area contributed by atoms with Crippen molar-refractivity contribution >= 4 is 29.2 Å². The fourth-order valence-electron chi connectivity index (χ4n) is 6.72. The number of phenols is 1. The number of nitrogens with two attached hydrogens (primary N) is 1. The van der Waals surface area contributed by atoms with Crippen LogP contribution in [0.15, 0.2) is 47.5 Å². The lowest BCUT2D eigenvalue weighted by Crippen LogP contribution is -2.46. The molecule has 3 heterocycles. The van der Waals surface area contributed by atoms with E-state index in [9.17, 15) is 39.3 Å². The summed E-state index contributed by atoms with van der Waals surface area (Å²) in [6.45, 7) is 12.2. The van der Waals surface area contributed by atoms with E-state index in [0.717, 1.165) is 6.26 Å².